The summed E-state index contributed by atoms with van der Waals surface area (Å²) in [6.07, 6.45) is 0.221. The molecule has 0 spiro atoms. The fraction of sp³-hybridized carbons (Fsp3) is 0.455. The highest BCUT2D eigenvalue weighted by Crippen LogP contribution is 2.37. The number of rotatable bonds is 2. The number of sulfone groups is 1. The predicted molar refractivity (Wildman–Crippen MR) is 66.2 cm³/mol. The molecule has 20 heavy (non-hydrogen) atoms. The van der Waals surface area contributed by atoms with E-state index in [1.54, 1.807) is 0 Å². The lowest BCUT2D eigenvalue weighted by Crippen LogP contribution is -2.44. The Morgan fingerprint density at radius 2 is 1.95 bits per heavy atom. The number of hydrogen-bond acceptors (Lipinski definition) is 4. The summed E-state index contributed by atoms with van der Waals surface area (Å²) in [6, 6.07) is 1.51. The van der Waals surface area contributed by atoms with Crippen LogP contribution in [-0.4, -0.2) is 44.7 Å². The summed E-state index contributed by atoms with van der Waals surface area (Å²) in [7, 11) is -7.47. The molecule has 3 rings (SSSR count). The third kappa shape index (κ3) is 1.95. The van der Waals surface area contributed by atoms with Gasteiger partial charge in [-0.25, -0.2) is 25.6 Å². The van der Waals surface area contributed by atoms with Crippen molar-refractivity contribution in [2.45, 2.75) is 22.6 Å². The van der Waals surface area contributed by atoms with Gasteiger partial charge >= 0.3 is 0 Å². The Balaban J connectivity index is 2.01. The fourth-order valence-corrected chi connectivity index (χ4v) is 6.73. The maximum atomic E-state index is 13.6. The zero-order valence-corrected chi connectivity index (χ0v) is 11.8. The lowest BCUT2D eigenvalue weighted by molar-refractivity contribution is 0.398. The molecule has 110 valence electrons. The van der Waals surface area contributed by atoms with Crippen LogP contribution in [0, 0.1) is 11.6 Å². The van der Waals surface area contributed by atoms with Crippen molar-refractivity contribution in [2.75, 3.05) is 12.3 Å². The van der Waals surface area contributed by atoms with Gasteiger partial charge in [-0.05, 0) is 24.6 Å². The summed E-state index contributed by atoms with van der Waals surface area (Å²) in [6.45, 7) is -0.189. The average Bonchev–Trinajstić information content (AvgIpc) is 2.87. The van der Waals surface area contributed by atoms with Crippen LogP contribution in [0.5, 0.6) is 0 Å². The van der Waals surface area contributed by atoms with Crippen LogP contribution in [0.2, 0.25) is 0 Å². The molecule has 2 fully saturated rings. The molecule has 0 N–H and O–H groups in total. The monoisotopic (exact) mass is 323 g/mol. The van der Waals surface area contributed by atoms with Gasteiger partial charge in [-0.3, -0.25) is 0 Å². The van der Waals surface area contributed by atoms with Crippen LogP contribution >= 0.6 is 0 Å². The highest BCUT2D eigenvalue weighted by atomic mass is 32.2. The van der Waals surface area contributed by atoms with Gasteiger partial charge in [0.15, 0.2) is 9.84 Å². The van der Waals surface area contributed by atoms with Crippen molar-refractivity contribution in [1.29, 1.82) is 0 Å². The van der Waals surface area contributed by atoms with E-state index < -0.39 is 47.7 Å². The molecule has 2 aliphatic rings. The van der Waals surface area contributed by atoms with E-state index in [0.717, 1.165) is 16.4 Å². The van der Waals surface area contributed by atoms with Crippen molar-refractivity contribution in [3.05, 3.63) is 29.8 Å². The molecule has 0 amide bonds. The molecule has 0 saturated carbocycles. The number of sulfonamides is 1. The summed E-state index contributed by atoms with van der Waals surface area (Å²) in [5, 5.41) is -0.737. The van der Waals surface area contributed by atoms with E-state index in [2.05, 4.69) is 0 Å². The van der Waals surface area contributed by atoms with Crippen LogP contribution in [0.1, 0.15) is 6.42 Å². The van der Waals surface area contributed by atoms with Crippen molar-refractivity contribution in [1.82, 2.24) is 4.31 Å². The number of fused-ring (bicyclic) bond motifs is 2. The predicted octanol–water partition coefficient (Wildman–Crippen LogP) is 0.525. The largest absolute Gasteiger partial charge is 0.246 e. The first-order valence-electron chi connectivity index (χ1n) is 5.90. The second kappa shape index (κ2) is 4.22. The summed E-state index contributed by atoms with van der Waals surface area (Å²) in [5.41, 5.74) is 0. The highest BCUT2D eigenvalue weighted by molar-refractivity contribution is 7.93. The molecule has 2 atom stereocenters. The molecule has 0 radical (unpaired) electrons. The first-order valence-corrected chi connectivity index (χ1v) is 9.06. The lowest BCUT2D eigenvalue weighted by Gasteiger charge is -2.26. The van der Waals surface area contributed by atoms with Crippen LogP contribution in [0.3, 0.4) is 0 Å². The van der Waals surface area contributed by atoms with Gasteiger partial charge in [0.1, 0.15) is 16.5 Å². The van der Waals surface area contributed by atoms with E-state index in [4.69, 9.17) is 0 Å². The molecule has 2 aliphatic heterocycles. The number of benzene rings is 1. The van der Waals surface area contributed by atoms with Crippen LogP contribution in [0.4, 0.5) is 8.78 Å². The van der Waals surface area contributed by atoms with Crippen molar-refractivity contribution >= 4 is 19.9 Å². The van der Waals surface area contributed by atoms with Gasteiger partial charge in [-0.2, -0.15) is 4.31 Å². The first kappa shape index (κ1) is 13.9. The van der Waals surface area contributed by atoms with Gasteiger partial charge in [0, 0.05) is 12.6 Å². The normalized spacial score (nSPS) is 28.9. The Labute approximate surface area is 115 Å². The summed E-state index contributed by atoms with van der Waals surface area (Å²) in [5.74, 6) is -2.16. The van der Waals surface area contributed by atoms with E-state index in [9.17, 15) is 25.6 Å². The molecule has 0 aliphatic carbocycles. The minimum Gasteiger partial charge on any atom is -0.228 e. The van der Waals surface area contributed by atoms with Gasteiger partial charge in [-0.1, -0.05) is 0 Å². The Hall–Kier alpha value is -1.06. The highest BCUT2D eigenvalue weighted by Gasteiger charge is 2.52. The van der Waals surface area contributed by atoms with Crippen molar-refractivity contribution in [3.8, 4) is 0 Å². The molecule has 2 unspecified atom stereocenters. The molecule has 2 bridgehead atoms. The van der Waals surface area contributed by atoms with E-state index in [1.807, 2.05) is 0 Å². The third-order valence-corrected chi connectivity index (χ3v) is 7.88. The maximum absolute atomic E-state index is 13.6. The maximum Gasteiger partial charge on any atom is 0.246 e. The minimum atomic E-state index is -4.22. The Morgan fingerprint density at radius 3 is 2.50 bits per heavy atom. The van der Waals surface area contributed by atoms with Gasteiger partial charge in [0.2, 0.25) is 10.0 Å². The van der Waals surface area contributed by atoms with Crippen molar-refractivity contribution in [3.63, 3.8) is 0 Å². The minimum absolute atomic E-state index is 0.189. The van der Waals surface area contributed by atoms with Gasteiger partial charge in [0.25, 0.3) is 0 Å². The van der Waals surface area contributed by atoms with Gasteiger partial charge in [-0.15, -0.1) is 0 Å². The molecule has 9 heteroatoms. The SMILES string of the molecule is O=S1(=O)CC2CC1CN2S(=O)(=O)c1cc(F)ccc1F. The standard InChI is InChI=1S/C11H11F2NO4S2/c12-7-1-2-10(13)11(3-7)20(17,18)14-5-9-4-8(14)6-19(9,15)16/h1-3,8-9H,4-6H2. The summed E-state index contributed by atoms with van der Waals surface area (Å²) in [4.78, 5) is -0.748. The molecule has 0 aromatic heterocycles. The summed E-state index contributed by atoms with van der Waals surface area (Å²) >= 11 is 0. The second-order valence-corrected chi connectivity index (χ2v) is 9.18. The van der Waals surface area contributed by atoms with Gasteiger partial charge in [0.05, 0.1) is 11.0 Å². The van der Waals surface area contributed by atoms with E-state index in [0.29, 0.717) is 6.07 Å². The number of hydrogen-bond donors (Lipinski definition) is 0. The second-order valence-electron chi connectivity index (χ2n) is 4.99. The van der Waals surface area contributed by atoms with E-state index in [1.165, 1.54) is 0 Å². The molecule has 1 aromatic carbocycles. The molecule has 2 heterocycles. The average molecular weight is 323 g/mol. The Kier molecular flexibility index (Phi) is 2.93. The smallest absolute Gasteiger partial charge is 0.228 e. The molecule has 5 nitrogen and oxygen atoms in total. The molecule has 1 aromatic rings. The van der Waals surface area contributed by atoms with Crippen LogP contribution in [0.15, 0.2) is 23.1 Å². The fourth-order valence-electron chi connectivity index (χ4n) is 2.76. The topological polar surface area (TPSA) is 71.5 Å². The Bertz CT molecular complexity index is 776. The van der Waals surface area contributed by atoms with Gasteiger partial charge < -0.3 is 0 Å². The molecule has 2 saturated heterocycles. The van der Waals surface area contributed by atoms with Crippen LogP contribution in [0.25, 0.3) is 0 Å². The van der Waals surface area contributed by atoms with E-state index >= 15 is 0 Å². The zero-order valence-electron chi connectivity index (χ0n) is 10.2. The Morgan fingerprint density at radius 1 is 1.25 bits per heavy atom. The van der Waals surface area contributed by atoms with Crippen LogP contribution in [-0.2, 0) is 19.9 Å². The van der Waals surface area contributed by atoms with E-state index in [-0.39, 0.29) is 18.7 Å². The third-order valence-electron chi connectivity index (χ3n) is 3.74. The number of nitrogens with zero attached hydrogens (tertiary/aromatic N) is 1. The van der Waals surface area contributed by atoms with Crippen molar-refractivity contribution in [2.24, 2.45) is 0 Å². The first-order chi connectivity index (χ1) is 9.22. The quantitative estimate of drug-likeness (QED) is 0.796. The summed E-state index contributed by atoms with van der Waals surface area (Å²) < 4.78 is 75.6. The van der Waals surface area contributed by atoms with Crippen molar-refractivity contribution < 1.29 is 25.6 Å². The number of halogens is 2. The zero-order chi connectivity index (χ0) is 14.7. The lowest BCUT2D eigenvalue weighted by atomic mass is 10.3. The van der Waals surface area contributed by atoms with Crippen LogP contribution < -0.4 is 0 Å². The molecular weight excluding hydrogens is 312 g/mol. The molecular formula is C11H11F2NO4S2.